The van der Waals surface area contributed by atoms with Crippen LogP contribution in [0.4, 0.5) is 14.5 Å². The molecule has 1 N–H and O–H groups in total. The Labute approximate surface area is 216 Å². The number of hydrogen-bond donors (Lipinski definition) is 1. The van der Waals surface area contributed by atoms with Crippen molar-refractivity contribution < 1.29 is 27.9 Å². The summed E-state index contributed by atoms with van der Waals surface area (Å²) in [4.78, 5) is 25.6. The van der Waals surface area contributed by atoms with E-state index < -0.39 is 30.8 Å². The van der Waals surface area contributed by atoms with Gasteiger partial charge in [-0.2, -0.15) is 5.10 Å². The Morgan fingerprint density at radius 1 is 1.26 bits per heavy atom. The molecule has 0 saturated carbocycles. The Balaban J connectivity index is 1.35. The zero-order valence-electron chi connectivity index (χ0n) is 20.7. The van der Waals surface area contributed by atoms with Crippen LogP contribution in [0.2, 0.25) is 0 Å². The molecule has 1 fully saturated rings. The quantitative estimate of drug-likeness (QED) is 0.362. The number of anilines is 1. The van der Waals surface area contributed by atoms with Gasteiger partial charge >= 0.3 is 5.97 Å². The highest BCUT2D eigenvalue weighted by Crippen LogP contribution is 2.36. The van der Waals surface area contributed by atoms with Crippen LogP contribution in [0.25, 0.3) is 17.3 Å². The number of ether oxygens (including phenoxy) is 1. The van der Waals surface area contributed by atoms with Crippen molar-refractivity contribution >= 4 is 11.7 Å². The molecule has 0 radical (unpaired) electrons. The SMILES string of the molecule is Cc1nc(-c2onc(C)c2COc2cc(-n3cccn3)ncn2)ccc1N1CC(CC(=O)O)CC(F)(F)C1. The fourth-order valence-electron chi connectivity index (χ4n) is 4.63. The van der Waals surface area contributed by atoms with E-state index in [1.807, 2.05) is 0 Å². The van der Waals surface area contributed by atoms with E-state index in [-0.39, 0.29) is 19.6 Å². The minimum absolute atomic E-state index is 0.0952. The summed E-state index contributed by atoms with van der Waals surface area (Å²) in [6.07, 6.45) is 4.01. The first kappa shape index (κ1) is 25.2. The lowest BCUT2D eigenvalue weighted by Crippen LogP contribution is -2.48. The van der Waals surface area contributed by atoms with Crippen molar-refractivity contribution in [1.29, 1.82) is 0 Å². The van der Waals surface area contributed by atoms with Gasteiger partial charge in [-0.3, -0.25) is 4.79 Å². The Bertz CT molecular complexity index is 1440. The van der Waals surface area contributed by atoms with Gasteiger partial charge in [0.2, 0.25) is 5.88 Å². The lowest BCUT2D eigenvalue weighted by atomic mass is 9.92. The number of carboxylic acid groups (broad SMARTS) is 1. The number of pyridine rings is 1. The maximum absolute atomic E-state index is 14.4. The van der Waals surface area contributed by atoms with Crippen molar-refractivity contribution in [3.8, 4) is 23.2 Å². The van der Waals surface area contributed by atoms with Gasteiger partial charge in [-0.05, 0) is 38.0 Å². The maximum Gasteiger partial charge on any atom is 0.303 e. The second-order valence-electron chi connectivity index (χ2n) is 9.23. The predicted octanol–water partition coefficient (Wildman–Crippen LogP) is 3.84. The number of hydrogen-bond acceptors (Lipinski definition) is 9. The molecule has 0 aliphatic carbocycles. The molecule has 5 rings (SSSR count). The highest BCUT2D eigenvalue weighted by molar-refractivity contribution is 5.67. The molecule has 0 spiro atoms. The summed E-state index contributed by atoms with van der Waals surface area (Å²) in [6.45, 7) is 3.31. The topological polar surface area (TPSA) is 132 Å². The number of piperidine rings is 1. The van der Waals surface area contributed by atoms with Crippen LogP contribution in [0.15, 0.2) is 47.5 Å². The standard InChI is InChI=1S/C25H25F2N7O4/c1-15-18(12-37-22-9-21(28-14-29-22)34-7-3-6-30-34)24(38-32-15)19-4-5-20(16(2)31-19)33-11-17(8-23(35)36)10-25(26,27)13-33/h3-7,9,14,17H,8,10-13H2,1-2H3,(H,35,36). The minimum Gasteiger partial charge on any atom is -0.481 e. The molecule has 0 amide bonds. The van der Waals surface area contributed by atoms with E-state index in [1.165, 1.54) is 11.2 Å². The molecule has 1 aliphatic rings. The molecule has 1 unspecified atom stereocenters. The second-order valence-corrected chi connectivity index (χ2v) is 9.23. The van der Waals surface area contributed by atoms with Crippen LogP contribution in [0.3, 0.4) is 0 Å². The zero-order chi connectivity index (χ0) is 26.9. The van der Waals surface area contributed by atoms with Gasteiger partial charge in [0.15, 0.2) is 11.6 Å². The van der Waals surface area contributed by atoms with Crippen molar-refractivity contribution in [1.82, 2.24) is 29.9 Å². The number of aliphatic carboxylic acids is 1. The van der Waals surface area contributed by atoms with Gasteiger partial charge in [0.05, 0.1) is 35.6 Å². The van der Waals surface area contributed by atoms with Crippen molar-refractivity contribution in [2.45, 2.75) is 39.2 Å². The molecule has 0 aromatic carbocycles. The van der Waals surface area contributed by atoms with Crippen molar-refractivity contribution in [2.75, 3.05) is 18.0 Å². The molecular formula is C25H25F2N7O4. The molecule has 11 nitrogen and oxygen atoms in total. The van der Waals surface area contributed by atoms with Gasteiger partial charge in [-0.15, -0.1) is 0 Å². The fraction of sp³-hybridized carbons (Fsp3) is 0.360. The van der Waals surface area contributed by atoms with Crippen LogP contribution in [0, 0.1) is 19.8 Å². The van der Waals surface area contributed by atoms with E-state index in [9.17, 15) is 13.6 Å². The van der Waals surface area contributed by atoms with Crippen LogP contribution >= 0.6 is 0 Å². The van der Waals surface area contributed by atoms with Gasteiger partial charge in [-0.25, -0.2) is 28.4 Å². The van der Waals surface area contributed by atoms with Gasteiger partial charge in [0.25, 0.3) is 5.92 Å². The summed E-state index contributed by atoms with van der Waals surface area (Å²) in [5.74, 6) is -3.47. The normalized spacial score (nSPS) is 16.9. The summed E-state index contributed by atoms with van der Waals surface area (Å²) < 4.78 is 41.8. The number of rotatable bonds is 8. The number of aryl methyl sites for hydroxylation is 2. The number of carboxylic acids is 1. The van der Waals surface area contributed by atoms with Crippen molar-refractivity contribution in [3.05, 3.63) is 59.9 Å². The van der Waals surface area contributed by atoms with Gasteiger partial charge < -0.3 is 19.3 Å². The second kappa shape index (κ2) is 10.1. The molecular weight excluding hydrogens is 500 g/mol. The Hall–Kier alpha value is -4.42. The zero-order valence-corrected chi connectivity index (χ0v) is 20.7. The third kappa shape index (κ3) is 5.45. The number of carbonyl (C=O) groups is 1. The third-order valence-electron chi connectivity index (χ3n) is 6.30. The highest BCUT2D eigenvalue weighted by Gasteiger charge is 2.41. The number of aromatic nitrogens is 6. The van der Waals surface area contributed by atoms with Gasteiger partial charge in [0, 0.05) is 31.4 Å². The van der Waals surface area contributed by atoms with E-state index in [1.54, 1.807) is 55.2 Å². The van der Waals surface area contributed by atoms with E-state index in [0.717, 1.165) is 0 Å². The molecule has 1 aliphatic heterocycles. The summed E-state index contributed by atoms with van der Waals surface area (Å²) in [5, 5.41) is 17.3. The smallest absolute Gasteiger partial charge is 0.303 e. The summed E-state index contributed by atoms with van der Waals surface area (Å²) in [5.41, 5.74) is 2.77. The molecule has 38 heavy (non-hydrogen) atoms. The number of halogens is 2. The Kier molecular flexibility index (Phi) is 6.74. The van der Waals surface area contributed by atoms with Crippen LogP contribution in [-0.4, -0.2) is 60.0 Å². The molecule has 4 aromatic heterocycles. The third-order valence-corrected chi connectivity index (χ3v) is 6.30. The average molecular weight is 526 g/mol. The average Bonchev–Trinajstić information content (AvgIpc) is 3.51. The fourth-order valence-corrected chi connectivity index (χ4v) is 4.63. The molecule has 13 heteroatoms. The lowest BCUT2D eigenvalue weighted by Gasteiger charge is -2.39. The van der Waals surface area contributed by atoms with Gasteiger partial charge in [0.1, 0.15) is 18.6 Å². The lowest BCUT2D eigenvalue weighted by molar-refractivity contribution is -0.139. The monoisotopic (exact) mass is 525 g/mol. The van der Waals surface area contributed by atoms with Crippen molar-refractivity contribution in [3.63, 3.8) is 0 Å². The molecule has 1 atom stereocenters. The Morgan fingerprint density at radius 2 is 2.11 bits per heavy atom. The summed E-state index contributed by atoms with van der Waals surface area (Å²) in [6, 6.07) is 6.80. The predicted molar refractivity (Wildman–Crippen MR) is 130 cm³/mol. The molecule has 1 saturated heterocycles. The van der Waals surface area contributed by atoms with E-state index in [2.05, 4.69) is 25.2 Å². The van der Waals surface area contributed by atoms with E-state index in [0.29, 0.717) is 45.8 Å². The Morgan fingerprint density at radius 3 is 2.84 bits per heavy atom. The first-order valence-corrected chi connectivity index (χ1v) is 11.9. The minimum atomic E-state index is -2.99. The van der Waals surface area contributed by atoms with E-state index in [4.69, 9.17) is 14.4 Å². The van der Waals surface area contributed by atoms with Crippen LogP contribution < -0.4 is 9.64 Å². The summed E-state index contributed by atoms with van der Waals surface area (Å²) in [7, 11) is 0. The summed E-state index contributed by atoms with van der Waals surface area (Å²) >= 11 is 0. The largest absolute Gasteiger partial charge is 0.481 e. The number of nitrogens with zero attached hydrogens (tertiary/aromatic N) is 7. The van der Waals surface area contributed by atoms with Gasteiger partial charge in [-0.1, -0.05) is 5.16 Å². The van der Waals surface area contributed by atoms with Crippen LogP contribution in [-0.2, 0) is 11.4 Å². The molecule has 5 heterocycles. The molecule has 198 valence electrons. The number of alkyl halides is 2. The molecule has 4 aromatic rings. The van der Waals surface area contributed by atoms with Crippen molar-refractivity contribution in [2.24, 2.45) is 5.92 Å². The highest BCUT2D eigenvalue weighted by atomic mass is 19.3. The first-order valence-electron chi connectivity index (χ1n) is 11.9. The molecule has 0 bridgehead atoms. The first-order chi connectivity index (χ1) is 18.2. The van der Waals surface area contributed by atoms with E-state index >= 15 is 0 Å². The van der Waals surface area contributed by atoms with Crippen LogP contribution in [0.1, 0.15) is 29.8 Å². The van der Waals surface area contributed by atoms with Crippen LogP contribution in [0.5, 0.6) is 5.88 Å². The maximum atomic E-state index is 14.4.